The number of ether oxygens (including phenoxy) is 2. The minimum Gasteiger partial charge on any atom is -0.497 e. The van der Waals surface area contributed by atoms with Crippen LogP contribution in [0.4, 0.5) is 5.69 Å². The van der Waals surface area contributed by atoms with Crippen LogP contribution in [0.5, 0.6) is 11.5 Å². The third-order valence-electron chi connectivity index (χ3n) is 2.97. The molecular formula is C16H16N2O4. The fourth-order valence-electron chi connectivity index (χ4n) is 1.80. The molecule has 0 amide bonds. The van der Waals surface area contributed by atoms with Gasteiger partial charge >= 0.3 is 5.97 Å². The molecule has 0 atom stereocenters. The predicted octanol–water partition coefficient (Wildman–Crippen LogP) is 2.85. The second kappa shape index (κ2) is 7.12. The van der Waals surface area contributed by atoms with Gasteiger partial charge in [0.2, 0.25) is 0 Å². The van der Waals surface area contributed by atoms with E-state index in [1.54, 1.807) is 50.8 Å². The maximum atomic E-state index is 10.8. The van der Waals surface area contributed by atoms with Crippen molar-refractivity contribution < 1.29 is 19.4 Å². The van der Waals surface area contributed by atoms with Crippen LogP contribution >= 0.6 is 0 Å². The topological polar surface area (TPSA) is 80.2 Å². The number of hydrazone groups is 1. The zero-order valence-electron chi connectivity index (χ0n) is 12.2. The second-order valence-electron chi connectivity index (χ2n) is 4.36. The predicted molar refractivity (Wildman–Crippen MR) is 84.2 cm³/mol. The number of benzene rings is 2. The summed E-state index contributed by atoms with van der Waals surface area (Å²) in [5, 5.41) is 12.9. The summed E-state index contributed by atoms with van der Waals surface area (Å²) >= 11 is 0. The molecule has 114 valence electrons. The summed E-state index contributed by atoms with van der Waals surface area (Å²) in [5.74, 6) is 0.414. The number of hydrogen-bond acceptors (Lipinski definition) is 5. The van der Waals surface area contributed by atoms with Crippen LogP contribution in [-0.2, 0) is 0 Å². The van der Waals surface area contributed by atoms with Crippen LogP contribution in [0.25, 0.3) is 0 Å². The molecule has 6 heteroatoms. The number of nitrogens with one attached hydrogen (secondary N) is 1. The van der Waals surface area contributed by atoms with Gasteiger partial charge in [-0.25, -0.2) is 4.79 Å². The summed E-state index contributed by atoms with van der Waals surface area (Å²) in [5.41, 5.74) is 4.50. The Morgan fingerprint density at radius 2 is 1.86 bits per heavy atom. The summed E-state index contributed by atoms with van der Waals surface area (Å²) in [6, 6.07) is 11.7. The standard InChI is InChI=1S/C16H16N2O4/c1-21-14-7-8-15(22-2)12(9-14)10-17-18-13-5-3-11(4-6-13)16(19)20/h3-10,18H,1-2H3,(H,19,20). The number of aromatic carboxylic acids is 1. The lowest BCUT2D eigenvalue weighted by atomic mass is 10.2. The molecule has 0 saturated heterocycles. The molecule has 0 radical (unpaired) electrons. The van der Waals surface area contributed by atoms with Gasteiger partial charge in [0, 0.05) is 5.56 Å². The fraction of sp³-hybridized carbons (Fsp3) is 0.125. The Morgan fingerprint density at radius 1 is 1.14 bits per heavy atom. The second-order valence-corrected chi connectivity index (χ2v) is 4.36. The highest BCUT2D eigenvalue weighted by molar-refractivity contribution is 5.88. The minimum absolute atomic E-state index is 0.226. The Bertz CT molecular complexity index is 681. The van der Waals surface area contributed by atoms with E-state index in [0.717, 1.165) is 5.56 Å². The van der Waals surface area contributed by atoms with E-state index in [2.05, 4.69) is 10.5 Å². The maximum Gasteiger partial charge on any atom is 0.335 e. The van der Waals surface area contributed by atoms with Crippen molar-refractivity contribution in [2.24, 2.45) is 5.10 Å². The summed E-state index contributed by atoms with van der Waals surface area (Å²) in [4.78, 5) is 10.8. The highest BCUT2D eigenvalue weighted by atomic mass is 16.5. The first-order chi connectivity index (χ1) is 10.6. The number of carboxylic acids is 1. The highest BCUT2D eigenvalue weighted by Crippen LogP contribution is 2.22. The fourth-order valence-corrected chi connectivity index (χ4v) is 1.80. The SMILES string of the molecule is COc1ccc(OC)c(C=NNc2ccc(C(=O)O)cc2)c1. The number of carbonyl (C=O) groups is 1. The molecule has 0 spiro atoms. The van der Waals surface area contributed by atoms with Crippen molar-refractivity contribution in [2.45, 2.75) is 0 Å². The van der Waals surface area contributed by atoms with Crippen molar-refractivity contribution in [3.63, 3.8) is 0 Å². The van der Waals surface area contributed by atoms with Gasteiger partial charge in [0.1, 0.15) is 11.5 Å². The Balaban J connectivity index is 2.10. The molecule has 2 rings (SSSR count). The smallest absolute Gasteiger partial charge is 0.335 e. The number of rotatable bonds is 6. The van der Waals surface area contributed by atoms with E-state index in [1.165, 1.54) is 12.1 Å². The van der Waals surface area contributed by atoms with Crippen molar-refractivity contribution in [2.75, 3.05) is 19.6 Å². The average molecular weight is 300 g/mol. The van der Waals surface area contributed by atoms with Gasteiger partial charge in [-0.05, 0) is 42.5 Å². The summed E-state index contributed by atoms with van der Waals surface area (Å²) in [7, 11) is 3.17. The molecule has 0 fully saturated rings. The Morgan fingerprint density at radius 3 is 2.45 bits per heavy atom. The average Bonchev–Trinajstić information content (AvgIpc) is 2.55. The Hall–Kier alpha value is -3.02. The summed E-state index contributed by atoms with van der Waals surface area (Å²) in [6.07, 6.45) is 1.60. The Kier molecular flexibility index (Phi) is 4.98. The van der Waals surface area contributed by atoms with Crippen molar-refractivity contribution in [3.8, 4) is 11.5 Å². The lowest BCUT2D eigenvalue weighted by Crippen LogP contribution is -1.97. The van der Waals surface area contributed by atoms with Gasteiger partial charge in [0.25, 0.3) is 0 Å². The molecule has 2 aromatic rings. The number of carboxylic acid groups (broad SMARTS) is 1. The Labute approximate surface area is 128 Å². The molecule has 0 aliphatic heterocycles. The third-order valence-corrected chi connectivity index (χ3v) is 2.97. The molecule has 0 aliphatic rings. The minimum atomic E-state index is -0.962. The van der Waals surface area contributed by atoms with Crippen LogP contribution in [0.15, 0.2) is 47.6 Å². The van der Waals surface area contributed by atoms with Crippen molar-refractivity contribution in [3.05, 3.63) is 53.6 Å². The van der Waals surface area contributed by atoms with E-state index in [4.69, 9.17) is 14.6 Å². The normalized spacial score (nSPS) is 10.5. The first-order valence-electron chi connectivity index (χ1n) is 6.48. The van der Waals surface area contributed by atoms with Gasteiger partial charge in [-0.15, -0.1) is 0 Å². The monoisotopic (exact) mass is 300 g/mol. The van der Waals surface area contributed by atoms with Gasteiger partial charge in [-0.3, -0.25) is 5.43 Å². The summed E-state index contributed by atoms with van der Waals surface area (Å²) in [6.45, 7) is 0. The van der Waals surface area contributed by atoms with Gasteiger partial charge in [0.05, 0.1) is 31.7 Å². The highest BCUT2D eigenvalue weighted by Gasteiger charge is 2.03. The van der Waals surface area contributed by atoms with Crippen LogP contribution < -0.4 is 14.9 Å². The van der Waals surface area contributed by atoms with Gasteiger partial charge < -0.3 is 14.6 Å². The number of methoxy groups -OCH3 is 2. The zero-order chi connectivity index (χ0) is 15.9. The quantitative estimate of drug-likeness (QED) is 0.633. The molecule has 22 heavy (non-hydrogen) atoms. The van der Waals surface area contributed by atoms with Crippen molar-refractivity contribution in [1.29, 1.82) is 0 Å². The molecule has 0 saturated carbocycles. The zero-order valence-corrected chi connectivity index (χ0v) is 12.2. The molecule has 6 nitrogen and oxygen atoms in total. The van der Waals surface area contributed by atoms with Crippen LogP contribution in [-0.4, -0.2) is 31.5 Å². The number of nitrogens with zero attached hydrogens (tertiary/aromatic N) is 1. The largest absolute Gasteiger partial charge is 0.497 e. The molecule has 2 aromatic carbocycles. The van der Waals surface area contributed by atoms with E-state index in [-0.39, 0.29) is 5.56 Å². The van der Waals surface area contributed by atoms with Gasteiger partial charge in [-0.1, -0.05) is 0 Å². The molecule has 2 N–H and O–H groups in total. The van der Waals surface area contributed by atoms with E-state index >= 15 is 0 Å². The van der Waals surface area contributed by atoms with Crippen molar-refractivity contribution in [1.82, 2.24) is 0 Å². The first-order valence-corrected chi connectivity index (χ1v) is 6.48. The van der Waals surface area contributed by atoms with E-state index in [9.17, 15) is 4.79 Å². The summed E-state index contributed by atoms with van der Waals surface area (Å²) < 4.78 is 10.4. The molecule has 0 aliphatic carbocycles. The number of hydrogen-bond donors (Lipinski definition) is 2. The molecule has 0 unspecified atom stereocenters. The molecule has 0 bridgehead atoms. The third kappa shape index (κ3) is 3.76. The molecule has 0 heterocycles. The van der Waals surface area contributed by atoms with Crippen LogP contribution in [0.1, 0.15) is 15.9 Å². The maximum absolute atomic E-state index is 10.8. The first kappa shape index (κ1) is 15.4. The van der Waals surface area contributed by atoms with E-state index < -0.39 is 5.97 Å². The van der Waals surface area contributed by atoms with E-state index in [0.29, 0.717) is 17.2 Å². The number of anilines is 1. The van der Waals surface area contributed by atoms with Crippen LogP contribution in [0.3, 0.4) is 0 Å². The van der Waals surface area contributed by atoms with Gasteiger partial charge in [0.15, 0.2) is 0 Å². The van der Waals surface area contributed by atoms with Crippen LogP contribution in [0.2, 0.25) is 0 Å². The molecule has 0 aromatic heterocycles. The lowest BCUT2D eigenvalue weighted by molar-refractivity contribution is 0.0697. The van der Waals surface area contributed by atoms with Crippen molar-refractivity contribution >= 4 is 17.9 Å². The van der Waals surface area contributed by atoms with E-state index in [1.807, 2.05) is 0 Å². The molecular weight excluding hydrogens is 284 g/mol. The van der Waals surface area contributed by atoms with Crippen LogP contribution in [0, 0.1) is 0 Å². The lowest BCUT2D eigenvalue weighted by Gasteiger charge is -2.07. The van der Waals surface area contributed by atoms with Gasteiger partial charge in [-0.2, -0.15) is 5.10 Å².